The summed E-state index contributed by atoms with van der Waals surface area (Å²) < 4.78 is 5.20. The highest BCUT2D eigenvalue weighted by Crippen LogP contribution is 1.98. The van der Waals surface area contributed by atoms with Crippen LogP contribution in [-0.4, -0.2) is 37.7 Å². The third-order valence-electron chi connectivity index (χ3n) is 1.87. The summed E-state index contributed by atoms with van der Waals surface area (Å²) in [6, 6.07) is 2.15. The molecule has 1 aliphatic rings. The predicted octanol–water partition coefficient (Wildman–Crippen LogP) is 0.622. The van der Waals surface area contributed by atoms with Crippen molar-refractivity contribution in [3.63, 3.8) is 0 Å². The zero-order chi connectivity index (χ0) is 7.94. The molecule has 1 aliphatic heterocycles. The third-order valence-corrected chi connectivity index (χ3v) is 1.87. The van der Waals surface area contributed by atoms with Crippen molar-refractivity contribution in [2.45, 2.75) is 12.8 Å². The Bertz CT molecular complexity index is 136. The summed E-state index contributed by atoms with van der Waals surface area (Å²) in [6.07, 6.45) is 1.67. The molecule has 0 amide bonds. The van der Waals surface area contributed by atoms with Crippen LogP contribution in [0.5, 0.6) is 0 Å². The van der Waals surface area contributed by atoms with Gasteiger partial charge in [-0.1, -0.05) is 0 Å². The summed E-state index contributed by atoms with van der Waals surface area (Å²) in [5.41, 5.74) is 0. The maximum atomic E-state index is 8.30. The Hall–Kier alpha value is -0.590. The van der Waals surface area contributed by atoms with Crippen molar-refractivity contribution in [2.24, 2.45) is 0 Å². The van der Waals surface area contributed by atoms with Crippen LogP contribution < -0.4 is 0 Å². The van der Waals surface area contributed by atoms with Gasteiger partial charge in [-0.25, -0.2) is 0 Å². The van der Waals surface area contributed by atoms with E-state index in [-0.39, 0.29) is 0 Å². The van der Waals surface area contributed by atoms with Gasteiger partial charge in [0.25, 0.3) is 0 Å². The van der Waals surface area contributed by atoms with Crippen LogP contribution >= 0.6 is 0 Å². The molecule has 1 saturated heterocycles. The monoisotopic (exact) mass is 154 g/mol. The van der Waals surface area contributed by atoms with E-state index in [4.69, 9.17) is 10.00 Å². The van der Waals surface area contributed by atoms with Crippen molar-refractivity contribution in [3.05, 3.63) is 0 Å². The number of hydrogen-bond acceptors (Lipinski definition) is 3. The first kappa shape index (κ1) is 8.51. The fraction of sp³-hybridized carbons (Fsp3) is 0.875. The molecule has 3 heteroatoms. The van der Waals surface area contributed by atoms with Crippen molar-refractivity contribution in [2.75, 3.05) is 32.8 Å². The summed E-state index contributed by atoms with van der Waals surface area (Å²) in [5, 5.41) is 8.30. The second-order valence-corrected chi connectivity index (χ2v) is 2.72. The zero-order valence-corrected chi connectivity index (χ0v) is 6.75. The lowest BCUT2D eigenvalue weighted by atomic mass is 10.3. The maximum Gasteiger partial charge on any atom is 0.0622 e. The molecule has 0 aromatic heterocycles. The van der Waals surface area contributed by atoms with E-state index in [0.717, 1.165) is 39.3 Å². The maximum absolute atomic E-state index is 8.30. The summed E-state index contributed by atoms with van der Waals surface area (Å²) >= 11 is 0. The molecule has 3 nitrogen and oxygen atoms in total. The highest BCUT2D eigenvalue weighted by Gasteiger charge is 2.08. The van der Waals surface area contributed by atoms with Crippen LogP contribution in [0.15, 0.2) is 0 Å². The minimum Gasteiger partial charge on any atom is -0.379 e. The van der Waals surface area contributed by atoms with Crippen LogP contribution in [-0.2, 0) is 4.74 Å². The molecule has 0 spiro atoms. The largest absolute Gasteiger partial charge is 0.379 e. The van der Waals surface area contributed by atoms with E-state index in [1.54, 1.807) is 0 Å². The number of nitriles is 1. The van der Waals surface area contributed by atoms with Crippen LogP contribution in [0.25, 0.3) is 0 Å². The average molecular weight is 154 g/mol. The first-order chi connectivity index (χ1) is 5.43. The summed E-state index contributed by atoms with van der Waals surface area (Å²) in [5.74, 6) is 0. The predicted molar refractivity (Wildman–Crippen MR) is 42.1 cm³/mol. The van der Waals surface area contributed by atoms with Crippen molar-refractivity contribution in [1.82, 2.24) is 4.90 Å². The van der Waals surface area contributed by atoms with E-state index < -0.39 is 0 Å². The van der Waals surface area contributed by atoms with Gasteiger partial charge in [0.2, 0.25) is 0 Å². The molecule has 11 heavy (non-hydrogen) atoms. The Morgan fingerprint density at radius 3 is 2.73 bits per heavy atom. The molecule has 0 N–H and O–H groups in total. The smallest absolute Gasteiger partial charge is 0.0622 e. The van der Waals surface area contributed by atoms with Gasteiger partial charge in [-0.15, -0.1) is 0 Å². The number of hydrogen-bond donors (Lipinski definition) is 0. The van der Waals surface area contributed by atoms with Crippen LogP contribution in [0.4, 0.5) is 0 Å². The summed E-state index contributed by atoms with van der Waals surface area (Å²) in [7, 11) is 0. The van der Waals surface area contributed by atoms with Crippen molar-refractivity contribution in [1.29, 1.82) is 5.26 Å². The average Bonchev–Trinajstić information content (AvgIpc) is 2.07. The molecule has 62 valence electrons. The van der Waals surface area contributed by atoms with Gasteiger partial charge in [0.1, 0.15) is 0 Å². The number of rotatable bonds is 3. The number of ether oxygens (including phenoxy) is 1. The number of unbranched alkanes of at least 4 members (excludes halogenated alkanes) is 1. The zero-order valence-electron chi connectivity index (χ0n) is 6.75. The van der Waals surface area contributed by atoms with Crippen molar-refractivity contribution in [3.8, 4) is 6.07 Å². The van der Waals surface area contributed by atoms with Gasteiger partial charge in [-0.2, -0.15) is 5.26 Å². The lowest BCUT2D eigenvalue weighted by Crippen LogP contribution is -2.36. The van der Waals surface area contributed by atoms with Gasteiger partial charge in [0.15, 0.2) is 0 Å². The molecule has 0 unspecified atom stereocenters. The van der Waals surface area contributed by atoms with Gasteiger partial charge < -0.3 is 4.74 Å². The first-order valence-electron chi connectivity index (χ1n) is 4.10. The van der Waals surface area contributed by atoms with Crippen molar-refractivity contribution < 1.29 is 4.74 Å². The highest BCUT2D eigenvalue weighted by atomic mass is 16.5. The fourth-order valence-electron chi connectivity index (χ4n) is 1.21. The Balaban J connectivity index is 2.01. The number of nitrogens with zero attached hydrogens (tertiary/aromatic N) is 2. The summed E-state index contributed by atoms with van der Waals surface area (Å²) in [6.45, 7) is 4.83. The van der Waals surface area contributed by atoms with Gasteiger partial charge in [0, 0.05) is 19.5 Å². The van der Waals surface area contributed by atoms with Gasteiger partial charge in [-0.3, -0.25) is 4.90 Å². The Morgan fingerprint density at radius 1 is 1.36 bits per heavy atom. The normalized spacial score (nSPS) is 19.5. The Morgan fingerprint density at radius 2 is 2.09 bits per heavy atom. The van der Waals surface area contributed by atoms with Crippen LogP contribution in [0.3, 0.4) is 0 Å². The third kappa shape index (κ3) is 3.35. The fourth-order valence-corrected chi connectivity index (χ4v) is 1.21. The number of morpholine rings is 1. The molecular weight excluding hydrogens is 140 g/mol. The molecule has 0 aromatic carbocycles. The van der Waals surface area contributed by atoms with E-state index in [9.17, 15) is 0 Å². The minimum absolute atomic E-state index is 0.678. The molecule has 1 rings (SSSR count). The Labute approximate surface area is 67.6 Å². The molecule has 0 atom stereocenters. The van der Waals surface area contributed by atoms with Gasteiger partial charge in [0.05, 0.1) is 19.3 Å². The molecule has 1 heterocycles. The van der Waals surface area contributed by atoms with E-state index in [0.29, 0.717) is 6.42 Å². The first-order valence-corrected chi connectivity index (χ1v) is 4.10. The van der Waals surface area contributed by atoms with Gasteiger partial charge in [-0.05, 0) is 13.0 Å². The standard InChI is InChI=1S/C8H14N2O/c9-3-1-2-4-10-5-7-11-8-6-10/h1-2,4-8H2. The second-order valence-electron chi connectivity index (χ2n) is 2.72. The topological polar surface area (TPSA) is 36.3 Å². The van der Waals surface area contributed by atoms with Crippen LogP contribution in [0.2, 0.25) is 0 Å². The van der Waals surface area contributed by atoms with E-state index >= 15 is 0 Å². The molecule has 0 aromatic rings. The Kier molecular flexibility index (Phi) is 3.95. The lowest BCUT2D eigenvalue weighted by molar-refractivity contribution is 0.0376. The highest BCUT2D eigenvalue weighted by molar-refractivity contribution is 4.70. The van der Waals surface area contributed by atoms with E-state index in [2.05, 4.69) is 11.0 Å². The molecule has 0 saturated carbocycles. The molecule has 0 aliphatic carbocycles. The molecular formula is C8H14N2O. The summed E-state index contributed by atoms with van der Waals surface area (Å²) in [4.78, 5) is 2.35. The SMILES string of the molecule is N#CCCCN1CCOCC1. The van der Waals surface area contributed by atoms with Crippen LogP contribution in [0.1, 0.15) is 12.8 Å². The second kappa shape index (κ2) is 5.11. The van der Waals surface area contributed by atoms with E-state index in [1.807, 2.05) is 0 Å². The lowest BCUT2D eigenvalue weighted by Gasteiger charge is -2.25. The van der Waals surface area contributed by atoms with Crippen LogP contribution in [0, 0.1) is 11.3 Å². The molecule has 0 radical (unpaired) electrons. The van der Waals surface area contributed by atoms with E-state index in [1.165, 1.54) is 0 Å². The molecule has 1 fully saturated rings. The quantitative estimate of drug-likeness (QED) is 0.559. The van der Waals surface area contributed by atoms with Crippen molar-refractivity contribution >= 4 is 0 Å². The van der Waals surface area contributed by atoms with Gasteiger partial charge >= 0.3 is 0 Å². The molecule has 0 bridgehead atoms. The minimum atomic E-state index is 0.678.